The second kappa shape index (κ2) is 5.24. The lowest BCUT2D eigenvalue weighted by atomic mass is 10.1. The monoisotopic (exact) mass is 282 g/mol. The van der Waals surface area contributed by atoms with E-state index >= 15 is 0 Å². The van der Waals surface area contributed by atoms with E-state index in [2.05, 4.69) is 15.4 Å². The number of methoxy groups -OCH3 is 1. The number of aryl methyl sites for hydroxylation is 1. The zero-order valence-electron chi connectivity index (χ0n) is 11.7. The normalized spacial score (nSPS) is 10.6. The molecule has 0 saturated heterocycles. The van der Waals surface area contributed by atoms with Gasteiger partial charge in [0.05, 0.1) is 30.1 Å². The topological polar surface area (TPSA) is 69.0 Å². The second-order valence-corrected chi connectivity index (χ2v) is 4.60. The number of rotatable bonds is 3. The molecule has 21 heavy (non-hydrogen) atoms. The maximum absolute atomic E-state index is 12.4. The minimum atomic E-state index is -0.205. The predicted molar refractivity (Wildman–Crippen MR) is 79.5 cm³/mol. The van der Waals surface area contributed by atoms with Gasteiger partial charge < -0.3 is 10.1 Å². The highest BCUT2D eigenvalue weighted by molar-refractivity contribution is 6.12. The number of carbonyl (C=O) groups is 1. The van der Waals surface area contributed by atoms with Gasteiger partial charge in [0.2, 0.25) is 0 Å². The van der Waals surface area contributed by atoms with E-state index in [1.165, 1.54) is 0 Å². The molecule has 0 aliphatic heterocycles. The van der Waals surface area contributed by atoms with E-state index in [0.717, 1.165) is 10.9 Å². The molecule has 0 radical (unpaired) electrons. The number of ether oxygens (including phenoxy) is 1. The van der Waals surface area contributed by atoms with Crippen LogP contribution >= 0.6 is 0 Å². The second-order valence-electron chi connectivity index (χ2n) is 4.60. The van der Waals surface area contributed by atoms with Gasteiger partial charge in [-0.2, -0.15) is 5.10 Å². The van der Waals surface area contributed by atoms with Crippen molar-refractivity contribution in [2.24, 2.45) is 7.05 Å². The largest absolute Gasteiger partial charge is 0.497 e. The Hall–Kier alpha value is -2.89. The van der Waals surface area contributed by atoms with E-state index in [-0.39, 0.29) is 5.91 Å². The molecule has 0 saturated carbocycles. The summed E-state index contributed by atoms with van der Waals surface area (Å²) in [5.41, 5.74) is 1.94. The van der Waals surface area contributed by atoms with Crippen molar-refractivity contribution >= 4 is 22.5 Å². The van der Waals surface area contributed by atoms with Crippen molar-refractivity contribution in [1.82, 2.24) is 14.8 Å². The minimum Gasteiger partial charge on any atom is -0.497 e. The molecule has 1 amide bonds. The summed E-state index contributed by atoms with van der Waals surface area (Å²) in [5, 5.41) is 7.59. The molecule has 2 heterocycles. The van der Waals surface area contributed by atoms with Crippen molar-refractivity contribution in [3.63, 3.8) is 0 Å². The van der Waals surface area contributed by atoms with Gasteiger partial charge in [0.1, 0.15) is 5.75 Å². The van der Waals surface area contributed by atoms with Gasteiger partial charge in [-0.25, -0.2) is 0 Å². The molecule has 3 aromatic rings. The Morgan fingerprint density at radius 3 is 2.90 bits per heavy atom. The third-order valence-electron chi connectivity index (χ3n) is 3.16. The van der Waals surface area contributed by atoms with Gasteiger partial charge in [-0.1, -0.05) is 0 Å². The summed E-state index contributed by atoms with van der Waals surface area (Å²) < 4.78 is 6.83. The van der Waals surface area contributed by atoms with Crippen molar-refractivity contribution in [2.75, 3.05) is 12.4 Å². The van der Waals surface area contributed by atoms with Crippen LogP contribution in [0.1, 0.15) is 10.4 Å². The lowest BCUT2D eigenvalue weighted by molar-refractivity contribution is 0.102. The van der Waals surface area contributed by atoms with Crippen LogP contribution < -0.4 is 10.1 Å². The first-order chi connectivity index (χ1) is 10.2. The Bertz CT molecular complexity index is 810. The quantitative estimate of drug-likeness (QED) is 0.799. The van der Waals surface area contributed by atoms with Gasteiger partial charge >= 0.3 is 0 Å². The fourth-order valence-electron chi connectivity index (χ4n) is 2.13. The fourth-order valence-corrected chi connectivity index (χ4v) is 2.13. The number of nitrogens with one attached hydrogen (secondary N) is 1. The summed E-state index contributed by atoms with van der Waals surface area (Å²) in [6.45, 7) is 0. The van der Waals surface area contributed by atoms with Crippen LogP contribution in [-0.4, -0.2) is 27.8 Å². The standard InChI is InChI=1S/C15H14N4O2/c1-19-9-10(8-17-19)18-15(20)12-5-6-16-14-4-3-11(21-2)7-13(12)14/h3-9H,1-2H3,(H,18,20). The summed E-state index contributed by atoms with van der Waals surface area (Å²) in [7, 11) is 3.38. The Morgan fingerprint density at radius 2 is 2.19 bits per heavy atom. The SMILES string of the molecule is COc1ccc2nccc(C(=O)Nc3cnn(C)c3)c2c1. The van der Waals surface area contributed by atoms with Crippen LogP contribution in [0, 0.1) is 0 Å². The van der Waals surface area contributed by atoms with E-state index < -0.39 is 0 Å². The average Bonchev–Trinajstić information content (AvgIpc) is 2.91. The smallest absolute Gasteiger partial charge is 0.256 e. The summed E-state index contributed by atoms with van der Waals surface area (Å²) in [5.74, 6) is 0.481. The Morgan fingerprint density at radius 1 is 1.33 bits per heavy atom. The Labute approximate surface area is 121 Å². The van der Waals surface area contributed by atoms with Gasteiger partial charge in [-0.05, 0) is 24.3 Å². The highest BCUT2D eigenvalue weighted by atomic mass is 16.5. The van der Waals surface area contributed by atoms with Gasteiger partial charge in [-0.3, -0.25) is 14.5 Å². The number of anilines is 1. The molecule has 0 spiro atoms. The Kier molecular flexibility index (Phi) is 3.27. The molecule has 0 bridgehead atoms. The van der Waals surface area contributed by atoms with Gasteiger partial charge in [-0.15, -0.1) is 0 Å². The zero-order valence-corrected chi connectivity index (χ0v) is 11.7. The van der Waals surface area contributed by atoms with Crippen LogP contribution in [0.15, 0.2) is 42.9 Å². The molecule has 6 heteroatoms. The first kappa shape index (κ1) is 13.1. The van der Waals surface area contributed by atoms with Gasteiger partial charge in [0.25, 0.3) is 5.91 Å². The van der Waals surface area contributed by atoms with Crippen LogP contribution in [-0.2, 0) is 7.05 Å². The molecule has 0 atom stereocenters. The molecule has 6 nitrogen and oxygen atoms in total. The van der Waals surface area contributed by atoms with E-state index in [9.17, 15) is 4.79 Å². The van der Waals surface area contributed by atoms with Gasteiger partial charge in [0, 0.05) is 24.8 Å². The van der Waals surface area contributed by atoms with Gasteiger partial charge in [0.15, 0.2) is 0 Å². The highest BCUT2D eigenvalue weighted by Crippen LogP contribution is 2.23. The lowest BCUT2D eigenvalue weighted by Gasteiger charge is -2.07. The van der Waals surface area contributed by atoms with Crippen molar-refractivity contribution in [1.29, 1.82) is 0 Å². The number of benzene rings is 1. The number of hydrogen-bond donors (Lipinski definition) is 1. The summed E-state index contributed by atoms with van der Waals surface area (Å²) in [6.07, 6.45) is 4.96. The average molecular weight is 282 g/mol. The summed E-state index contributed by atoms with van der Waals surface area (Å²) in [4.78, 5) is 16.7. The molecule has 1 N–H and O–H groups in total. The Balaban J connectivity index is 2.00. The molecule has 0 fully saturated rings. The van der Waals surface area contributed by atoms with Crippen LogP contribution in [0.4, 0.5) is 5.69 Å². The molecule has 106 valence electrons. The fraction of sp³-hybridized carbons (Fsp3) is 0.133. The number of hydrogen-bond acceptors (Lipinski definition) is 4. The van der Waals surface area contributed by atoms with E-state index in [0.29, 0.717) is 17.0 Å². The zero-order chi connectivity index (χ0) is 14.8. The summed E-state index contributed by atoms with van der Waals surface area (Å²) >= 11 is 0. The maximum atomic E-state index is 12.4. The number of carbonyl (C=O) groups excluding carboxylic acids is 1. The molecular weight excluding hydrogens is 268 g/mol. The molecule has 0 aliphatic carbocycles. The number of amides is 1. The van der Waals surface area contributed by atoms with Crippen LogP contribution in [0.5, 0.6) is 5.75 Å². The third-order valence-corrected chi connectivity index (χ3v) is 3.16. The summed E-state index contributed by atoms with van der Waals surface area (Å²) in [6, 6.07) is 7.14. The van der Waals surface area contributed by atoms with E-state index in [1.807, 2.05) is 12.1 Å². The molecule has 1 aromatic carbocycles. The lowest BCUT2D eigenvalue weighted by Crippen LogP contribution is -2.12. The molecule has 2 aromatic heterocycles. The predicted octanol–water partition coefficient (Wildman–Crippen LogP) is 2.23. The highest BCUT2D eigenvalue weighted by Gasteiger charge is 2.12. The molecule has 0 unspecified atom stereocenters. The van der Waals surface area contributed by atoms with E-state index in [1.54, 1.807) is 49.6 Å². The molecular formula is C15H14N4O2. The van der Waals surface area contributed by atoms with Crippen LogP contribution in [0.25, 0.3) is 10.9 Å². The molecule has 3 rings (SSSR count). The minimum absolute atomic E-state index is 0.205. The first-order valence-electron chi connectivity index (χ1n) is 6.40. The number of fused-ring (bicyclic) bond motifs is 1. The van der Waals surface area contributed by atoms with Crippen molar-refractivity contribution in [2.45, 2.75) is 0 Å². The number of aromatic nitrogens is 3. The van der Waals surface area contributed by atoms with E-state index in [4.69, 9.17) is 4.74 Å². The maximum Gasteiger partial charge on any atom is 0.256 e. The first-order valence-corrected chi connectivity index (χ1v) is 6.40. The third kappa shape index (κ3) is 2.55. The number of pyridine rings is 1. The van der Waals surface area contributed by atoms with Crippen LogP contribution in [0.3, 0.4) is 0 Å². The molecule has 0 aliphatic rings. The van der Waals surface area contributed by atoms with Crippen LogP contribution in [0.2, 0.25) is 0 Å². The number of nitrogens with zero attached hydrogens (tertiary/aromatic N) is 3. The van der Waals surface area contributed by atoms with Crippen molar-refractivity contribution < 1.29 is 9.53 Å². The van der Waals surface area contributed by atoms with Crippen molar-refractivity contribution in [3.8, 4) is 5.75 Å². The van der Waals surface area contributed by atoms with Crippen molar-refractivity contribution in [3.05, 3.63) is 48.4 Å².